The fraction of sp³-hybridized carbons (Fsp3) is 0.318. The van der Waals surface area contributed by atoms with Gasteiger partial charge in [-0.15, -0.1) is 0 Å². The molecule has 0 aliphatic heterocycles. The number of rotatable bonds is 6. The van der Waals surface area contributed by atoms with E-state index in [0.717, 1.165) is 11.1 Å². The molecule has 140 valence electrons. The second-order valence-corrected chi connectivity index (χ2v) is 6.57. The molecule has 1 fully saturated rings. The molecule has 2 aromatic carbocycles. The maximum atomic E-state index is 12.3. The average Bonchev–Trinajstić information content (AvgIpc) is 2.67. The Labute approximate surface area is 158 Å². The zero-order valence-electron chi connectivity index (χ0n) is 15.2. The predicted octanol–water partition coefficient (Wildman–Crippen LogP) is 3.46. The van der Waals surface area contributed by atoms with Crippen molar-refractivity contribution >= 4 is 17.5 Å². The minimum atomic E-state index is -0.918. The third-order valence-electron chi connectivity index (χ3n) is 4.67. The quantitative estimate of drug-likeness (QED) is 0.578. The Kier molecular flexibility index (Phi) is 6.01. The first-order valence-electron chi connectivity index (χ1n) is 9.06. The molecule has 3 rings (SSSR count). The van der Waals surface area contributed by atoms with Gasteiger partial charge in [0.15, 0.2) is 5.78 Å². The van der Waals surface area contributed by atoms with Crippen molar-refractivity contribution in [2.75, 3.05) is 6.61 Å². The summed E-state index contributed by atoms with van der Waals surface area (Å²) >= 11 is 0. The van der Waals surface area contributed by atoms with Crippen molar-refractivity contribution in [1.29, 1.82) is 0 Å². The summed E-state index contributed by atoms with van der Waals surface area (Å²) in [4.78, 5) is 36.4. The fourth-order valence-electron chi connectivity index (χ4n) is 3.35. The molecule has 0 N–H and O–H groups in total. The molecule has 1 saturated carbocycles. The average molecular weight is 366 g/mol. The summed E-state index contributed by atoms with van der Waals surface area (Å²) in [7, 11) is 0. The molecule has 0 spiro atoms. The Morgan fingerprint density at radius 2 is 1.74 bits per heavy atom. The standard InChI is InChI=1S/C22H22O5/c1-2-26-22(25)21-19(12-17(23)13-20(21)24)16-8-10-18(11-9-16)27-14-15-6-4-3-5-7-15/h3-11,19,21H,2,12-14H2,1H3. The van der Waals surface area contributed by atoms with Crippen molar-refractivity contribution in [1.82, 2.24) is 0 Å². The summed E-state index contributed by atoms with van der Waals surface area (Å²) in [6, 6.07) is 17.0. The minimum absolute atomic E-state index is 0.144. The Bertz CT molecular complexity index is 810. The number of ketones is 2. The minimum Gasteiger partial charge on any atom is -0.489 e. The fourth-order valence-corrected chi connectivity index (χ4v) is 3.35. The SMILES string of the molecule is CCOC(=O)C1C(=O)CC(=O)CC1c1ccc(OCc2ccccc2)cc1. The Morgan fingerprint density at radius 3 is 2.41 bits per heavy atom. The van der Waals surface area contributed by atoms with Gasteiger partial charge in [0, 0.05) is 12.3 Å². The molecule has 5 nitrogen and oxygen atoms in total. The second kappa shape index (κ2) is 8.62. The highest BCUT2D eigenvalue weighted by atomic mass is 16.5. The van der Waals surface area contributed by atoms with Crippen molar-refractivity contribution in [2.24, 2.45) is 5.92 Å². The first-order valence-corrected chi connectivity index (χ1v) is 9.06. The van der Waals surface area contributed by atoms with Gasteiger partial charge in [-0.25, -0.2) is 0 Å². The predicted molar refractivity (Wildman–Crippen MR) is 99.3 cm³/mol. The Hall–Kier alpha value is -2.95. The number of esters is 1. The second-order valence-electron chi connectivity index (χ2n) is 6.57. The lowest BCUT2D eigenvalue weighted by Gasteiger charge is -2.28. The number of hydrogen-bond donors (Lipinski definition) is 0. The topological polar surface area (TPSA) is 69.7 Å². The zero-order valence-corrected chi connectivity index (χ0v) is 15.2. The van der Waals surface area contributed by atoms with E-state index in [-0.39, 0.29) is 31.0 Å². The number of benzene rings is 2. The van der Waals surface area contributed by atoms with Crippen LogP contribution in [-0.4, -0.2) is 24.1 Å². The highest BCUT2D eigenvalue weighted by molar-refractivity contribution is 6.11. The van der Waals surface area contributed by atoms with E-state index in [2.05, 4.69) is 0 Å². The van der Waals surface area contributed by atoms with Gasteiger partial charge in [-0.1, -0.05) is 42.5 Å². The van der Waals surface area contributed by atoms with E-state index in [1.54, 1.807) is 19.1 Å². The van der Waals surface area contributed by atoms with E-state index in [0.29, 0.717) is 12.4 Å². The van der Waals surface area contributed by atoms with Crippen LogP contribution in [0.4, 0.5) is 0 Å². The summed E-state index contributed by atoms with van der Waals surface area (Å²) in [5, 5.41) is 0. The monoisotopic (exact) mass is 366 g/mol. The normalized spacial score (nSPS) is 19.6. The number of Topliss-reactive ketones (excluding diaryl/α,β-unsaturated/α-hetero) is 2. The van der Waals surface area contributed by atoms with Crippen LogP contribution in [0.3, 0.4) is 0 Å². The highest BCUT2D eigenvalue weighted by Crippen LogP contribution is 2.36. The first kappa shape index (κ1) is 18.8. The maximum Gasteiger partial charge on any atom is 0.317 e. The van der Waals surface area contributed by atoms with Crippen LogP contribution in [0.1, 0.15) is 36.8 Å². The molecular weight excluding hydrogens is 344 g/mol. The molecule has 0 aromatic heterocycles. The van der Waals surface area contributed by atoms with Crippen molar-refractivity contribution in [3.8, 4) is 5.75 Å². The van der Waals surface area contributed by atoms with Crippen LogP contribution in [0.5, 0.6) is 5.75 Å². The van der Waals surface area contributed by atoms with Gasteiger partial charge >= 0.3 is 5.97 Å². The first-order chi connectivity index (χ1) is 13.1. The van der Waals surface area contributed by atoms with Gasteiger partial charge < -0.3 is 9.47 Å². The summed E-state index contributed by atoms with van der Waals surface area (Å²) in [6.07, 6.45) is -0.0301. The van der Waals surface area contributed by atoms with Crippen LogP contribution in [0.15, 0.2) is 54.6 Å². The summed E-state index contributed by atoms with van der Waals surface area (Å²) in [5.41, 5.74) is 1.83. The van der Waals surface area contributed by atoms with Gasteiger partial charge in [-0.05, 0) is 30.2 Å². The molecular formula is C22H22O5. The molecule has 2 unspecified atom stereocenters. The Balaban J connectivity index is 1.74. The van der Waals surface area contributed by atoms with E-state index >= 15 is 0 Å². The van der Waals surface area contributed by atoms with E-state index < -0.39 is 17.8 Å². The summed E-state index contributed by atoms with van der Waals surface area (Å²) in [6.45, 7) is 2.35. The lowest BCUT2D eigenvalue weighted by molar-refractivity contribution is -0.154. The van der Waals surface area contributed by atoms with Gasteiger partial charge in [0.25, 0.3) is 0 Å². The molecule has 1 aliphatic rings. The molecule has 5 heteroatoms. The van der Waals surface area contributed by atoms with E-state index in [1.807, 2.05) is 42.5 Å². The number of hydrogen-bond acceptors (Lipinski definition) is 5. The molecule has 2 atom stereocenters. The van der Waals surface area contributed by atoms with Crippen LogP contribution in [0.2, 0.25) is 0 Å². The molecule has 0 heterocycles. The molecule has 0 saturated heterocycles. The molecule has 1 aliphatic carbocycles. The highest BCUT2D eigenvalue weighted by Gasteiger charge is 2.42. The van der Waals surface area contributed by atoms with Crippen LogP contribution in [0, 0.1) is 5.92 Å². The molecule has 0 bridgehead atoms. The number of carbonyl (C=O) groups is 3. The maximum absolute atomic E-state index is 12.3. The van der Waals surface area contributed by atoms with Gasteiger partial charge in [-0.2, -0.15) is 0 Å². The van der Waals surface area contributed by atoms with Crippen LogP contribution in [-0.2, 0) is 25.7 Å². The summed E-state index contributed by atoms with van der Waals surface area (Å²) < 4.78 is 10.8. The lowest BCUT2D eigenvalue weighted by Crippen LogP contribution is -2.38. The van der Waals surface area contributed by atoms with E-state index in [9.17, 15) is 14.4 Å². The summed E-state index contributed by atoms with van der Waals surface area (Å²) in [5.74, 6) is -1.78. The molecule has 0 radical (unpaired) electrons. The van der Waals surface area contributed by atoms with E-state index in [1.165, 1.54) is 0 Å². The van der Waals surface area contributed by atoms with Crippen molar-refractivity contribution in [3.63, 3.8) is 0 Å². The zero-order chi connectivity index (χ0) is 19.2. The molecule has 0 amide bonds. The molecule has 2 aromatic rings. The van der Waals surface area contributed by atoms with E-state index in [4.69, 9.17) is 9.47 Å². The van der Waals surface area contributed by atoms with Crippen molar-refractivity contribution in [2.45, 2.75) is 32.3 Å². The van der Waals surface area contributed by atoms with Gasteiger partial charge in [-0.3, -0.25) is 14.4 Å². The van der Waals surface area contributed by atoms with Gasteiger partial charge in [0.2, 0.25) is 0 Å². The van der Waals surface area contributed by atoms with Crippen LogP contribution >= 0.6 is 0 Å². The van der Waals surface area contributed by atoms with Crippen molar-refractivity contribution in [3.05, 3.63) is 65.7 Å². The Morgan fingerprint density at radius 1 is 1.04 bits per heavy atom. The smallest absolute Gasteiger partial charge is 0.317 e. The van der Waals surface area contributed by atoms with Crippen LogP contribution < -0.4 is 4.74 Å². The third-order valence-corrected chi connectivity index (χ3v) is 4.67. The van der Waals surface area contributed by atoms with Gasteiger partial charge in [0.05, 0.1) is 13.0 Å². The van der Waals surface area contributed by atoms with Gasteiger partial charge in [0.1, 0.15) is 24.1 Å². The third kappa shape index (κ3) is 4.61. The number of carbonyl (C=O) groups excluding carboxylic acids is 3. The van der Waals surface area contributed by atoms with Crippen LogP contribution in [0.25, 0.3) is 0 Å². The number of ether oxygens (including phenoxy) is 2. The lowest BCUT2D eigenvalue weighted by atomic mass is 9.74. The molecule has 27 heavy (non-hydrogen) atoms. The van der Waals surface area contributed by atoms with Crippen molar-refractivity contribution < 1.29 is 23.9 Å². The largest absolute Gasteiger partial charge is 0.489 e.